The van der Waals surface area contributed by atoms with Gasteiger partial charge in [-0.3, -0.25) is 0 Å². The van der Waals surface area contributed by atoms with Crippen molar-refractivity contribution in [3.63, 3.8) is 0 Å². The van der Waals surface area contributed by atoms with Crippen molar-refractivity contribution in [2.75, 3.05) is 19.8 Å². The molecule has 3 nitrogen and oxygen atoms in total. The van der Waals surface area contributed by atoms with Gasteiger partial charge in [-0.15, -0.1) is 0 Å². The van der Waals surface area contributed by atoms with Crippen LogP contribution in [0.4, 0.5) is 8.78 Å². The number of halogens is 2. The van der Waals surface area contributed by atoms with Gasteiger partial charge in [-0.25, -0.2) is 0 Å². The van der Waals surface area contributed by atoms with Crippen LogP contribution in [0.5, 0.6) is 11.5 Å². The Morgan fingerprint density at radius 1 is 0.625 bits per heavy atom. The van der Waals surface area contributed by atoms with Crippen LogP contribution < -0.4 is 9.47 Å². The van der Waals surface area contributed by atoms with E-state index in [1.807, 2.05) is 0 Å². The smallest absolute Gasteiger partial charge is 0.204 e. The van der Waals surface area contributed by atoms with Crippen molar-refractivity contribution in [1.29, 1.82) is 0 Å². The van der Waals surface area contributed by atoms with Gasteiger partial charge in [0.2, 0.25) is 11.6 Å². The van der Waals surface area contributed by atoms with Crippen LogP contribution >= 0.6 is 0 Å². The molecule has 1 aromatic rings. The maximum Gasteiger partial charge on any atom is 0.204 e. The minimum Gasteiger partial charge on any atom is -0.491 e. The molecule has 5 rings (SSSR count). The van der Waals surface area contributed by atoms with Crippen molar-refractivity contribution in [1.82, 2.24) is 0 Å². The third-order valence-corrected chi connectivity index (χ3v) is 11.3. The van der Waals surface area contributed by atoms with E-state index in [1.54, 1.807) is 6.92 Å². The molecule has 2 atom stereocenters. The van der Waals surface area contributed by atoms with E-state index in [-0.39, 0.29) is 11.5 Å². The Kier molecular flexibility index (Phi) is 11.1. The van der Waals surface area contributed by atoms with E-state index in [0.717, 1.165) is 55.0 Å². The topological polar surface area (TPSA) is 27.7 Å². The van der Waals surface area contributed by atoms with E-state index in [4.69, 9.17) is 14.2 Å². The summed E-state index contributed by atoms with van der Waals surface area (Å²) in [5.74, 6) is 3.90. The van der Waals surface area contributed by atoms with Gasteiger partial charge in [-0.2, -0.15) is 8.78 Å². The fourth-order valence-electron chi connectivity index (χ4n) is 8.85. The molecule has 5 heteroatoms. The minimum absolute atomic E-state index is 0.00289. The van der Waals surface area contributed by atoms with Crippen molar-refractivity contribution in [3.8, 4) is 11.5 Å². The normalized spacial score (nSPS) is 35.3. The van der Waals surface area contributed by atoms with Crippen LogP contribution in [0.2, 0.25) is 0 Å². The summed E-state index contributed by atoms with van der Waals surface area (Å²) >= 11 is 0. The molecular weight excluding hydrogens is 506 g/mol. The lowest BCUT2D eigenvalue weighted by atomic mass is 9.64. The lowest BCUT2D eigenvalue weighted by molar-refractivity contribution is -0.0439. The summed E-state index contributed by atoms with van der Waals surface area (Å²) in [5.41, 5.74) is 0. The molecule has 4 fully saturated rings. The average Bonchev–Trinajstić information content (AvgIpc) is 3.00. The van der Waals surface area contributed by atoms with Crippen molar-refractivity contribution >= 4 is 0 Å². The average molecular weight is 561 g/mol. The van der Waals surface area contributed by atoms with Crippen molar-refractivity contribution in [2.45, 2.75) is 123 Å². The third kappa shape index (κ3) is 7.53. The van der Waals surface area contributed by atoms with Gasteiger partial charge in [0, 0.05) is 0 Å². The van der Waals surface area contributed by atoms with Gasteiger partial charge in [0.1, 0.15) is 0 Å². The van der Waals surface area contributed by atoms with Crippen LogP contribution in [0.1, 0.15) is 117 Å². The van der Waals surface area contributed by atoms with Gasteiger partial charge in [-0.1, -0.05) is 13.3 Å². The van der Waals surface area contributed by atoms with Gasteiger partial charge >= 0.3 is 0 Å². The molecule has 40 heavy (non-hydrogen) atoms. The highest BCUT2D eigenvalue weighted by Gasteiger charge is 2.37. The fraction of sp³-hybridized carbons (Fsp3) is 0.829. The molecule has 1 aliphatic heterocycles. The predicted octanol–water partition coefficient (Wildman–Crippen LogP) is 9.76. The van der Waals surface area contributed by atoms with Crippen LogP contribution in [-0.4, -0.2) is 25.9 Å². The molecule has 0 spiro atoms. The number of hydrogen-bond acceptors (Lipinski definition) is 3. The molecule has 0 N–H and O–H groups in total. The Balaban J connectivity index is 0.978. The van der Waals surface area contributed by atoms with E-state index in [0.29, 0.717) is 25.2 Å². The maximum absolute atomic E-state index is 14.4. The summed E-state index contributed by atoms with van der Waals surface area (Å²) in [6.45, 7) is 5.82. The molecule has 3 saturated carbocycles. The van der Waals surface area contributed by atoms with Gasteiger partial charge in [-0.05, 0) is 157 Å². The molecule has 3 aliphatic carbocycles. The van der Waals surface area contributed by atoms with E-state index >= 15 is 0 Å². The Hall–Kier alpha value is -1.36. The number of rotatable bonds is 10. The Labute approximate surface area is 242 Å². The number of ether oxygens (including phenoxy) is 3. The van der Waals surface area contributed by atoms with Gasteiger partial charge in [0.05, 0.1) is 25.9 Å². The molecule has 4 aliphatic rings. The van der Waals surface area contributed by atoms with Crippen LogP contribution in [0.3, 0.4) is 0 Å². The first-order chi connectivity index (χ1) is 19.6. The number of benzene rings is 1. The van der Waals surface area contributed by atoms with Crippen molar-refractivity contribution in [2.24, 2.45) is 41.4 Å². The lowest BCUT2D eigenvalue weighted by Crippen LogP contribution is -2.34. The van der Waals surface area contributed by atoms with Crippen molar-refractivity contribution < 1.29 is 23.0 Å². The predicted molar refractivity (Wildman–Crippen MR) is 157 cm³/mol. The zero-order valence-corrected chi connectivity index (χ0v) is 25.2. The Morgan fingerprint density at radius 2 is 1.07 bits per heavy atom. The first-order valence-corrected chi connectivity index (χ1v) is 16.9. The standard InChI is InChI=1S/C35H54F2O3/c1-3-5-31-19-18-30(23-39-31)29-16-14-28(15-17-29)27-12-10-26(11-13-27)25-8-6-24(7-9-25)22-40-33-21-20-32(38-4-2)34(36)35(33)37/h20-21,24-31H,3-19,22-23H2,1-2H3. The molecule has 1 aromatic carbocycles. The van der Waals surface area contributed by atoms with Crippen LogP contribution in [0, 0.1) is 53.1 Å². The molecule has 0 aromatic heterocycles. The summed E-state index contributed by atoms with van der Waals surface area (Å²) in [7, 11) is 0. The number of hydrogen-bond donors (Lipinski definition) is 0. The molecule has 0 bridgehead atoms. The lowest BCUT2D eigenvalue weighted by Gasteiger charge is -2.43. The summed E-state index contributed by atoms with van der Waals surface area (Å²) in [6, 6.07) is 2.96. The quantitative estimate of drug-likeness (QED) is 0.285. The summed E-state index contributed by atoms with van der Waals surface area (Å²) in [6.07, 6.45) is 22.0. The van der Waals surface area contributed by atoms with Crippen molar-refractivity contribution in [3.05, 3.63) is 23.8 Å². The Morgan fingerprint density at radius 3 is 1.52 bits per heavy atom. The molecule has 1 saturated heterocycles. The minimum atomic E-state index is -0.953. The van der Waals surface area contributed by atoms with Gasteiger partial charge < -0.3 is 14.2 Å². The van der Waals surface area contributed by atoms with E-state index in [1.165, 1.54) is 102 Å². The molecule has 2 unspecified atom stereocenters. The summed E-state index contributed by atoms with van der Waals surface area (Å²) in [5, 5.41) is 0. The summed E-state index contributed by atoms with van der Waals surface area (Å²) in [4.78, 5) is 0. The first kappa shape index (κ1) is 30.1. The summed E-state index contributed by atoms with van der Waals surface area (Å²) < 4.78 is 45.6. The van der Waals surface area contributed by atoms with Gasteiger partial charge in [0.15, 0.2) is 11.5 Å². The second kappa shape index (κ2) is 14.7. The van der Waals surface area contributed by atoms with E-state index in [9.17, 15) is 8.78 Å². The maximum atomic E-state index is 14.4. The molecule has 0 radical (unpaired) electrons. The SMILES string of the molecule is CCCC1CCC(C2CCC(C3CCC(C4CCC(COc5ccc(OCC)c(F)c5F)CC4)CC3)CC2)CO1. The largest absolute Gasteiger partial charge is 0.491 e. The third-order valence-electron chi connectivity index (χ3n) is 11.3. The monoisotopic (exact) mass is 560 g/mol. The highest BCUT2D eigenvalue weighted by molar-refractivity contribution is 5.35. The van der Waals surface area contributed by atoms with E-state index < -0.39 is 11.6 Å². The van der Waals surface area contributed by atoms with E-state index in [2.05, 4.69) is 6.92 Å². The molecule has 1 heterocycles. The zero-order chi connectivity index (χ0) is 27.9. The van der Waals surface area contributed by atoms with Crippen LogP contribution in [-0.2, 0) is 4.74 Å². The second-order valence-corrected chi connectivity index (χ2v) is 13.6. The second-order valence-electron chi connectivity index (χ2n) is 13.6. The van der Waals surface area contributed by atoms with Crippen LogP contribution in [0.15, 0.2) is 12.1 Å². The van der Waals surface area contributed by atoms with Gasteiger partial charge in [0.25, 0.3) is 0 Å². The fourth-order valence-corrected chi connectivity index (χ4v) is 8.85. The zero-order valence-electron chi connectivity index (χ0n) is 25.2. The van der Waals surface area contributed by atoms with Crippen LogP contribution in [0.25, 0.3) is 0 Å². The molecule has 0 amide bonds. The first-order valence-electron chi connectivity index (χ1n) is 16.9. The Bertz CT molecular complexity index is 890. The molecule has 226 valence electrons. The molecular formula is C35H54F2O3. The highest BCUT2D eigenvalue weighted by Crippen LogP contribution is 2.47. The highest BCUT2D eigenvalue weighted by atomic mass is 19.2.